The van der Waals surface area contributed by atoms with Gasteiger partial charge in [0.05, 0.1) is 6.07 Å². The summed E-state index contributed by atoms with van der Waals surface area (Å²) in [5, 5.41) is 14.1. The Kier molecular flexibility index (Phi) is 9.83. The monoisotopic (exact) mass is 490 g/mol. The molecule has 0 aliphatic carbocycles. The smallest absolute Gasteiger partial charge is 0.325 e. The molecule has 2 aromatic carbocycles. The van der Waals surface area contributed by atoms with Crippen molar-refractivity contribution in [3.05, 3.63) is 65.7 Å². The fourth-order valence-corrected chi connectivity index (χ4v) is 3.93. The van der Waals surface area contributed by atoms with Gasteiger partial charge in [0.1, 0.15) is 6.54 Å². The molecule has 0 bridgehead atoms. The third-order valence-corrected chi connectivity index (χ3v) is 6.01. The van der Waals surface area contributed by atoms with Gasteiger partial charge in [-0.2, -0.15) is 5.26 Å². The molecule has 0 saturated carbocycles. The highest BCUT2D eigenvalue weighted by Crippen LogP contribution is 2.16. The number of hydrogen-bond acceptors (Lipinski definition) is 5. The maximum Gasteiger partial charge on any atom is 0.325 e. The first-order chi connectivity index (χ1) is 17.4. The number of nitrogens with zero attached hydrogens (tertiary/aromatic N) is 4. The van der Waals surface area contributed by atoms with Crippen molar-refractivity contribution in [1.29, 1.82) is 5.26 Å². The summed E-state index contributed by atoms with van der Waals surface area (Å²) in [5.74, 6) is -0.181. The number of benzene rings is 2. The summed E-state index contributed by atoms with van der Waals surface area (Å²) >= 11 is 0. The van der Waals surface area contributed by atoms with Gasteiger partial charge in [-0.05, 0) is 36.1 Å². The molecule has 190 valence electrons. The van der Waals surface area contributed by atoms with Gasteiger partial charge in [-0.1, -0.05) is 50.2 Å². The molecule has 1 saturated heterocycles. The SMILES string of the molecule is CC(C)CCN(C(=O)NCC#N)C(=O)c1cccc(NC(=O)N2CCN(Cc3ccccc3)CC2)c1. The number of hydrogen-bond donors (Lipinski definition) is 2. The van der Waals surface area contributed by atoms with Crippen LogP contribution in [-0.4, -0.2) is 71.9 Å². The summed E-state index contributed by atoms with van der Waals surface area (Å²) in [6.07, 6.45) is 0.637. The lowest BCUT2D eigenvalue weighted by molar-refractivity contribution is 0.0795. The van der Waals surface area contributed by atoms with E-state index in [2.05, 4.69) is 27.7 Å². The lowest BCUT2D eigenvalue weighted by Gasteiger charge is -2.34. The molecule has 0 unspecified atom stereocenters. The molecule has 1 heterocycles. The fraction of sp³-hybridized carbons (Fsp3) is 0.407. The molecule has 2 aromatic rings. The number of amides is 5. The summed E-state index contributed by atoms with van der Waals surface area (Å²) in [7, 11) is 0. The van der Waals surface area contributed by atoms with Gasteiger partial charge < -0.3 is 15.5 Å². The summed E-state index contributed by atoms with van der Waals surface area (Å²) in [6, 6.07) is 17.9. The highest BCUT2D eigenvalue weighted by molar-refractivity contribution is 6.05. The second kappa shape index (κ2) is 13.3. The summed E-state index contributed by atoms with van der Waals surface area (Å²) in [6.45, 7) is 7.71. The number of carbonyl (C=O) groups is 3. The fourth-order valence-electron chi connectivity index (χ4n) is 3.93. The Morgan fingerprint density at radius 1 is 1.03 bits per heavy atom. The summed E-state index contributed by atoms with van der Waals surface area (Å²) < 4.78 is 0. The first-order valence-electron chi connectivity index (χ1n) is 12.3. The van der Waals surface area contributed by atoms with E-state index in [-0.39, 0.29) is 24.7 Å². The Hall–Kier alpha value is -3.90. The molecule has 3 rings (SSSR count). The van der Waals surface area contributed by atoms with E-state index in [0.29, 0.717) is 31.1 Å². The molecule has 0 atom stereocenters. The maximum absolute atomic E-state index is 13.1. The van der Waals surface area contributed by atoms with Crippen molar-refractivity contribution >= 4 is 23.7 Å². The molecule has 9 heteroatoms. The zero-order valence-electron chi connectivity index (χ0n) is 20.9. The van der Waals surface area contributed by atoms with Crippen LogP contribution in [0.2, 0.25) is 0 Å². The van der Waals surface area contributed by atoms with E-state index in [1.807, 2.05) is 38.1 Å². The van der Waals surface area contributed by atoms with Crippen LogP contribution in [-0.2, 0) is 6.54 Å². The van der Waals surface area contributed by atoms with E-state index in [0.717, 1.165) is 24.5 Å². The average Bonchev–Trinajstić information content (AvgIpc) is 2.88. The quantitative estimate of drug-likeness (QED) is 0.548. The zero-order valence-corrected chi connectivity index (χ0v) is 20.9. The van der Waals surface area contributed by atoms with Crippen molar-refractivity contribution in [1.82, 2.24) is 20.0 Å². The molecule has 0 spiro atoms. The van der Waals surface area contributed by atoms with Crippen LogP contribution >= 0.6 is 0 Å². The highest BCUT2D eigenvalue weighted by atomic mass is 16.2. The van der Waals surface area contributed by atoms with E-state index in [1.54, 1.807) is 29.2 Å². The molecule has 1 aliphatic rings. The third-order valence-electron chi connectivity index (χ3n) is 6.01. The van der Waals surface area contributed by atoms with Crippen molar-refractivity contribution in [2.75, 3.05) is 44.6 Å². The number of imide groups is 1. The molecular weight excluding hydrogens is 456 g/mol. The summed E-state index contributed by atoms with van der Waals surface area (Å²) in [4.78, 5) is 43.7. The minimum absolute atomic E-state index is 0.182. The number of urea groups is 2. The molecule has 0 aromatic heterocycles. The van der Waals surface area contributed by atoms with Gasteiger partial charge in [0.15, 0.2) is 0 Å². The zero-order chi connectivity index (χ0) is 25.9. The van der Waals surface area contributed by atoms with Crippen molar-refractivity contribution in [3.63, 3.8) is 0 Å². The topological polar surface area (TPSA) is 109 Å². The highest BCUT2D eigenvalue weighted by Gasteiger charge is 2.24. The van der Waals surface area contributed by atoms with Crippen molar-refractivity contribution in [2.45, 2.75) is 26.8 Å². The molecular formula is C27H34N6O3. The van der Waals surface area contributed by atoms with Gasteiger partial charge >= 0.3 is 12.1 Å². The number of piperazine rings is 1. The maximum atomic E-state index is 13.1. The second-order valence-electron chi connectivity index (χ2n) is 9.22. The van der Waals surface area contributed by atoms with Gasteiger partial charge in [-0.25, -0.2) is 9.59 Å². The van der Waals surface area contributed by atoms with E-state index >= 15 is 0 Å². The van der Waals surface area contributed by atoms with E-state index < -0.39 is 11.9 Å². The molecule has 5 amide bonds. The normalized spacial score (nSPS) is 13.7. The minimum Gasteiger partial charge on any atom is -0.325 e. The van der Waals surface area contributed by atoms with Crippen LogP contribution in [0, 0.1) is 17.2 Å². The Bertz CT molecular complexity index is 1070. The second-order valence-corrected chi connectivity index (χ2v) is 9.22. The van der Waals surface area contributed by atoms with Gasteiger partial charge in [0, 0.05) is 50.5 Å². The lowest BCUT2D eigenvalue weighted by Crippen LogP contribution is -2.49. The number of carbonyl (C=O) groups excluding carboxylic acids is 3. The van der Waals surface area contributed by atoms with Crippen molar-refractivity contribution < 1.29 is 14.4 Å². The number of anilines is 1. The van der Waals surface area contributed by atoms with E-state index in [4.69, 9.17) is 5.26 Å². The Labute approximate surface area is 212 Å². The summed E-state index contributed by atoms with van der Waals surface area (Å²) in [5.41, 5.74) is 2.02. The minimum atomic E-state index is -0.606. The van der Waals surface area contributed by atoms with Crippen LogP contribution in [0.15, 0.2) is 54.6 Å². The molecule has 36 heavy (non-hydrogen) atoms. The van der Waals surface area contributed by atoms with Gasteiger partial charge in [0.2, 0.25) is 0 Å². The van der Waals surface area contributed by atoms with E-state index in [1.165, 1.54) is 5.56 Å². The van der Waals surface area contributed by atoms with Crippen molar-refractivity contribution in [2.24, 2.45) is 5.92 Å². The van der Waals surface area contributed by atoms with Gasteiger partial charge in [0.25, 0.3) is 5.91 Å². The van der Waals surface area contributed by atoms with Crippen LogP contribution in [0.25, 0.3) is 0 Å². The number of nitrogens with one attached hydrogen (secondary N) is 2. The average molecular weight is 491 g/mol. The molecule has 1 fully saturated rings. The molecule has 0 radical (unpaired) electrons. The number of nitriles is 1. The first-order valence-corrected chi connectivity index (χ1v) is 12.3. The van der Waals surface area contributed by atoms with Gasteiger partial charge in [-0.15, -0.1) is 0 Å². The first kappa shape index (κ1) is 26.7. The van der Waals surface area contributed by atoms with Crippen LogP contribution < -0.4 is 10.6 Å². The standard InChI is InChI=1S/C27H34N6O3/c1-21(2)11-14-33(26(35)29-13-12-28)25(34)23-9-6-10-24(19-23)30-27(36)32-17-15-31(16-18-32)20-22-7-4-3-5-8-22/h3-10,19,21H,11,13-18,20H2,1-2H3,(H,29,35)(H,30,36). The lowest BCUT2D eigenvalue weighted by atomic mass is 10.1. The molecule has 1 aliphatic heterocycles. The Morgan fingerprint density at radius 2 is 1.75 bits per heavy atom. The van der Waals surface area contributed by atoms with Crippen LogP contribution in [0.5, 0.6) is 0 Å². The molecule has 2 N–H and O–H groups in total. The Balaban J connectivity index is 1.59. The largest absolute Gasteiger partial charge is 0.325 e. The van der Waals surface area contributed by atoms with Crippen LogP contribution in [0.3, 0.4) is 0 Å². The number of rotatable bonds is 8. The van der Waals surface area contributed by atoms with Crippen LogP contribution in [0.1, 0.15) is 36.2 Å². The van der Waals surface area contributed by atoms with Gasteiger partial charge in [-0.3, -0.25) is 14.6 Å². The predicted molar refractivity (Wildman–Crippen MR) is 138 cm³/mol. The Morgan fingerprint density at radius 3 is 2.42 bits per heavy atom. The van der Waals surface area contributed by atoms with E-state index in [9.17, 15) is 14.4 Å². The molecule has 9 nitrogen and oxygen atoms in total. The third kappa shape index (κ3) is 7.82. The predicted octanol–water partition coefficient (Wildman–Crippen LogP) is 3.76. The van der Waals surface area contributed by atoms with Crippen molar-refractivity contribution in [3.8, 4) is 6.07 Å². The van der Waals surface area contributed by atoms with Crippen LogP contribution in [0.4, 0.5) is 15.3 Å².